The van der Waals surface area contributed by atoms with Crippen LogP contribution in [-0.2, 0) is 0 Å². The second-order valence-corrected chi connectivity index (χ2v) is 8.39. The Morgan fingerprint density at radius 3 is 2.53 bits per heavy atom. The number of carboxylic acids is 1. The number of H-pyrrole nitrogens is 1. The van der Waals surface area contributed by atoms with Gasteiger partial charge in [0.25, 0.3) is 0 Å². The summed E-state index contributed by atoms with van der Waals surface area (Å²) < 4.78 is 15.9. The average molecular weight is 427 g/mol. The lowest BCUT2D eigenvalue weighted by atomic mass is 9.92. The van der Waals surface area contributed by atoms with E-state index >= 15 is 0 Å². The van der Waals surface area contributed by atoms with Gasteiger partial charge in [0.05, 0.1) is 22.8 Å². The van der Waals surface area contributed by atoms with Crippen molar-refractivity contribution in [2.75, 3.05) is 0 Å². The van der Waals surface area contributed by atoms with E-state index in [9.17, 15) is 14.3 Å². The van der Waals surface area contributed by atoms with Crippen molar-refractivity contribution in [3.63, 3.8) is 0 Å². The van der Waals surface area contributed by atoms with Gasteiger partial charge in [0.1, 0.15) is 5.82 Å². The Balaban J connectivity index is 1.97. The van der Waals surface area contributed by atoms with E-state index in [2.05, 4.69) is 40.7 Å². The van der Waals surface area contributed by atoms with Crippen LogP contribution in [0.3, 0.4) is 0 Å². The van der Waals surface area contributed by atoms with Gasteiger partial charge in [0.2, 0.25) is 0 Å². The molecule has 5 nitrogen and oxygen atoms in total. The third-order valence-electron chi connectivity index (χ3n) is 5.95. The van der Waals surface area contributed by atoms with Crippen molar-refractivity contribution in [1.29, 1.82) is 0 Å². The fraction of sp³-hybridized carbons (Fsp3) is 0.154. The van der Waals surface area contributed by atoms with Gasteiger partial charge in [-0.05, 0) is 72.5 Å². The molecule has 0 fully saturated rings. The van der Waals surface area contributed by atoms with Gasteiger partial charge >= 0.3 is 5.97 Å². The van der Waals surface area contributed by atoms with E-state index in [0.29, 0.717) is 0 Å². The highest BCUT2D eigenvalue weighted by Gasteiger charge is 2.24. The molecule has 3 aromatic carbocycles. The van der Waals surface area contributed by atoms with Gasteiger partial charge < -0.3 is 9.67 Å². The van der Waals surface area contributed by atoms with Crippen molar-refractivity contribution in [1.82, 2.24) is 14.8 Å². The van der Waals surface area contributed by atoms with Crippen molar-refractivity contribution in [2.45, 2.75) is 26.7 Å². The molecule has 0 bridgehead atoms. The lowest BCUT2D eigenvalue weighted by Crippen LogP contribution is -2.04. The summed E-state index contributed by atoms with van der Waals surface area (Å²) in [6.45, 7) is 6.21. The van der Waals surface area contributed by atoms with Crippen LogP contribution in [0.5, 0.6) is 0 Å². The van der Waals surface area contributed by atoms with Crippen LogP contribution < -0.4 is 0 Å². The lowest BCUT2D eigenvalue weighted by Gasteiger charge is -2.17. The second kappa shape index (κ2) is 7.34. The molecular weight excluding hydrogens is 405 g/mol. The summed E-state index contributed by atoms with van der Waals surface area (Å²) in [6.07, 6.45) is 1.78. The normalized spacial score (nSPS) is 11.7. The third-order valence-corrected chi connectivity index (χ3v) is 5.95. The topological polar surface area (TPSA) is 70.9 Å². The number of aryl methyl sites for hydroxylation is 1. The standard InChI is InChI=1S/C26H22FN3O2/c1-14(2)25-24(20-10-16(26(31)32)5-4-15(20)3)21-12-22-17(13-28-29-22)11-23(21)30(25)19-8-6-18(27)7-9-19/h4-14H,1-3H3,(H,28,29)(H,31,32). The number of nitrogens with zero attached hydrogens (tertiary/aromatic N) is 2. The quantitative estimate of drug-likeness (QED) is 0.347. The first kappa shape index (κ1) is 20.0. The molecule has 2 aromatic heterocycles. The van der Waals surface area contributed by atoms with Crippen LogP contribution in [0.25, 0.3) is 38.6 Å². The lowest BCUT2D eigenvalue weighted by molar-refractivity contribution is 0.0697. The highest BCUT2D eigenvalue weighted by molar-refractivity contribution is 6.06. The maximum Gasteiger partial charge on any atom is 0.335 e. The molecule has 0 spiro atoms. The fourth-order valence-electron chi connectivity index (χ4n) is 4.47. The number of aromatic carboxylic acids is 1. The first-order valence-electron chi connectivity index (χ1n) is 10.5. The number of benzene rings is 3. The summed E-state index contributed by atoms with van der Waals surface area (Å²) in [6, 6.07) is 15.8. The van der Waals surface area contributed by atoms with Crippen LogP contribution in [0, 0.1) is 12.7 Å². The Morgan fingerprint density at radius 1 is 1.09 bits per heavy atom. The van der Waals surface area contributed by atoms with Gasteiger partial charge in [-0.15, -0.1) is 0 Å². The summed E-state index contributed by atoms with van der Waals surface area (Å²) in [5.41, 5.74) is 6.83. The highest BCUT2D eigenvalue weighted by Crippen LogP contribution is 2.43. The Morgan fingerprint density at radius 2 is 1.84 bits per heavy atom. The summed E-state index contributed by atoms with van der Waals surface area (Å²) >= 11 is 0. The van der Waals surface area contributed by atoms with Crippen molar-refractivity contribution in [3.05, 3.63) is 83.4 Å². The first-order valence-corrected chi connectivity index (χ1v) is 10.5. The molecule has 0 saturated carbocycles. The molecular formula is C26H22FN3O2. The molecule has 0 atom stereocenters. The van der Waals surface area contributed by atoms with Crippen LogP contribution in [-0.4, -0.2) is 25.8 Å². The number of aromatic amines is 1. The van der Waals surface area contributed by atoms with Crippen LogP contribution in [0.2, 0.25) is 0 Å². The Bertz CT molecular complexity index is 1490. The zero-order valence-electron chi connectivity index (χ0n) is 18.0. The van der Waals surface area contributed by atoms with Gasteiger partial charge in [-0.2, -0.15) is 5.10 Å². The largest absolute Gasteiger partial charge is 0.478 e. The van der Waals surface area contributed by atoms with Gasteiger partial charge in [0, 0.05) is 27.7 Å². The molecule has 5 aromatic rings. The van der Waals surface area contributed by atoms with Crippen LogP contribution >= 0.6 is 0 Å². The SMILES string of the molecule is Cc1ccc(C(=O)O)cc1-c1c(C(C)C)n(-c2ccc(F)cc2)c2cc3cn[nH]c3cc12. The number of carbonyl (C=O) groups is 1. The van der Waals surface area contributed by atoms with Crippen LogP contribution in [0.1, 0.15) is 41.4 Å². The Labute approximate surface area is 184 Å². The molecule has 0 aliphatic heterocycles. The van der Waals surface area contributed by atoms with Crippen molar-refractivity contribution in [3.8, 4) is 16.8 Å². The number of hydrogen-bond acceptors (Lipinski definition) is 2. The molecule has 0 aliphatic rings. The molecule has 0 radical (unpaired) electrons. The van der Waals surface area contributed by atoms with Gasteiger partial charge in [-0.3, -0.25) is 5.10 Å². The summed E-state index contributed by atoms with van der Waals surface area (Å²) in [4.78, 5) is 11.7. The maximum atomic E-state index is 13.7. The van der Waals surface area contributed by atoms with E-state index in [1.54, 1.807) is 30.5 Å². The molecule has 0 amide bonds. The minimum atomic E-state index is -0.962. The van der Waals surface area contributed by atoms with E-state index in [-0.39, 0.29) is 17.3 Å². The summed E-state index contributed by atoms with van der Waals surface area (Å²) in [5, 5.41) is 18.8. The summed E-state index contributed by atoms with van der Waals surface area (Å²) in [5.74, 6) is -1.14. The molecule has 160 valence electrons. The molecule has 5 rings (SSSR count). The van der Waals surface area contributed by atoms with Crippen molar-refractivity contribution >= 4 is 27.8 Å². The van der Waals surface area contributed by atoms with E-state index in [1.807, 2.05) is 13.0 Å². The average Bonchev–Trinajstić information content (AvgIpc) is 3.34. The monoisotopic (exact) mass is 427 g/mol. The minimum Gasteiger partial charge on any atom is -0.478 e. The smallest absolute Gasteiger partial charge is 0.335 e. The molecule has 0 unspecified atom stereocenters. The molecule has 32 heavy (non-hydrogen) atoms. The number of carboxylic acid groups (broad SMARTS) is 1. The first-order chi connectivity index (χ1) is 15.3. The molecule has 0 saturated heterocycles. The van der Waals surface area contributed by atoms with E-state index in [4.69, 9.17) is 0 Å². The molecule has 6 heteroatoms. The van der Waals surface area contributed by atoms with E-state index in [1.165, 1.54) is 12.1 Å². The number of fused-ring (bicyclic) bond motifs is 2. The van der Waals surface area contributed by atoms with Crippen molar-refractivity contribution in [2.24, 2.45) is 0 Å². The van der Waals surface area contributed by atoms with Crippen LogP contribution in [0.15, 0.2) is 60.8 Å². The summed E-state index contributed by atoms with van der Waals surface area (Å²) in [7, 11) is 0. The second-order valence-electron chi connectivity index (χ2n) is 8.39. The van der Waals surface area contributed by atoms with Gasteiger partial charge in [0.15, 0.2) is 0 Å². The number of aromatic nitrogens is 3. The number of hydrogen-bond donors (Lipinski definition) is 2. The van der Waals surface area contributed by atoms with Gasteiger partial charge in [-0.25, -0.2) is 9.18 Å². The fourth-order valence-corrected chi connectivity index (χ4v) is 4.47. The van der Waals surface area contributed by atoms with E-state index in [0.717, 1.165) is 49.9 Å². The number of rotatable bonds is 4. The predicted molar refractivity (Wildman–Crippen MR) is 124 cm³/mol. The van der Waals surface area contributed by atoms with Gasteiger partial charge in [-0.1, -0.05) is 19.9 Å². The zero-order chi connectivity index (χ0) is 22.6. The van der Waals surface area contributed by atoms with Crippen LogP contribution in [0.4, 0.5) is 4.39 Å². The number of nitrogens with one attached hydrogen (secondary N) is 1. The zero-order valence-corrected chi connectivity index (χ0v) is 18.0. The predicted octanol–water partition coefficient (Wildman–Crippen LogP) is 6.44. The minimum absolute atomic E-state index is 0.117. The Hall–Kier alpha value is -3.93. The number of halogens is 1. The van der Waals surface area contributed by atoms with E-state index < -0.39 is 5.97 Å². The molecule has 0 aliphatic carbocycles. The highest BCUT2D eigenvalue weighted by atomic mass is 19.1. The molecule has 2 heterocycles. The Kier molecular flexibility index (Phi) is 4.59. The molecule has 2 N–H and O–H groups in total. The third kappa shape index (κ3) is 3.07. The van der Waals surface area contributed by atoms with Crippen molar-refractivity contribution < 1.29 is 14.3 Å². The maximum absolute atomic E-state index is 13.7.